The van der Waals surface area contributed by atoms with Crippen molar-refractivity contribution < 1.29 is 14.6 Å². The molecule has 0 aliphatic carbocycles. The van der Waals surface area contributed by atoms with E-state index in [0.717, 1.165) is 6.29 Å². The van der Waals surface area contributed by atoms with Crippen LogP contribution in [0.5, 0.6) is 0 Å². The molecule has 1 aliphatic heterocycles. The summed E-state index contributed by atoms with van der Waals surface area (Å²) in [6.07, 6.45) is 1.54. The molecule has 0 saturated carbocycles. The molecule has 1 heterocycles. The number of allylic oxidation sites excluding steroid dienone is 1. The van der Waals surface area contributed by atoms with E-state index in [1.807, 2.05) is 0 Å². The number of rotatable bonds is 0. The zero-order chi connectivity index (χ0) is 5.98. The first kappa shape index (κ1) is 5.15. The monoisotopic (exact) mass is 115 g/mol. The van der Waals surface area contributed by atoms with E-state index in [9.17, 15) is 0 Å². The Morgan fingerprint density at radius 3 is 2.62 bits per heavy atom. The van der Waals surface area contributed by atoms with Gasteiger partial charge in [-0.1, -0.05) is 0 Å². The van der Waals surface area contributed by atoms with Crippen molar-refractivity contribution in [3.8, 4) is 0 Å². The molecular weight excluding hydrogens is 108 g/mol. The highest BCUT2D eigenvalue weighted by Gasteiger charge is 2.13. The predicted molar refractivity (Wildman–Crippen MR) is 27.8 cm³/mol. The molecule has 1 aliphatic rings. The maximum Gasteiger partial charge on any atom is 0.353 e. The zero-order valence-corrected chi connectivity index (χ0v) is 4.29. The van der Waals surface area contributed by atoms with Crippen LogP contribution in [0.2, 0.25) is 0 Å². The fraction of sp³-hybridized carbons (Fsp3) is 0.400. The Balaban J connectivity index is 2.76. The van der Waals surface area contributed by atoms with Crippen LogP contribution < -0.4 is 0 Å². The normalized spacial score (nSPS) is 19.5. The van der Waals surface area contributed by atoms with E-state index in [0.29, 0.717) is 13.0 Å². The lowest BCUT2D eigenvalue weighted by Gasteiger charge is -1.94. The largest absolute Gasteiger partial charge is 0.508 e. The summed E-state index contributed by atoms with van der Waals surface area (Å²) in [6, 6.07) is 0. The summed E-state index contributed by atoms with van der Waals surface area (Å²) >= 11 is 0. The van der Waals surface area contributed by atoms with Gasteiger partial charge in [-0.25, -0.2) is 0 Å². The molecule has 0 unspecified atom stereocenters. The van der Waals surface area contributed by atoms with Gasteiger partial charge in [-0.15, -0.1) is 0 Å². The van der Waals surface area contributed by atoms with E-state index in [1.54, 1.807) is 0 Å². The third-order valence-electron chi connectivity index (χ3n) is 0.947. The second kappa shape index (κ2) is 1.86. The van der Waals surface area contributed by atoms with Crippen LogP contribution in [0, 0.1) is 0 Å². The Morgan fingerprint density at radius 1 is 1.50 bits per heavy atom. The predicted octanol–water partition coefficient (Wildman–Crippen LogP) is 0.452. The van der Waals surface area contributed by atoms with Gasteiger partial charge < -0.3 is 10.2 Å². The van der Waals surface area contributed by atoms with Crippen LogP contribution in [0.25, 0.3) is 0 Å². The molecule has 0 saturated heterocycles. The minimum Gasteiger partial charge on any atom is -0.508 e. The molecule has 0 radical (unpaired) electrons. The number of carbonyl (C=O) groups excluding carboxylic acids is 1. The maximum atomic E-state index is 8.70. The van der Waals surface area contributed by atoms with Gasteiger partial charge in [-0.3, -0.25) is 4.42 Å². The molecule has 0 atom stereocenters. The van der Waals surface area contributed by atoms with Crippen molar-refractivity contribution in [2.45, 2.75) is 6.42 Å². The van der Waals surface area contributed by atoms with E-state index in [1.165, 1.54) is 0 Å². The lowest BCUT2D eigenvalue weighted by atomic mass is 10.3. The number of aldehydes is 1. The summed E-state index contributed by atoms with van der Waals surface area (Å²) < 4.78 is 4.66. The smallest absolute Gasteiger partial charge is 0.353 e. The lowest BCUT2D eigenvalue weighted by Crippen LogP contribution is -2.03. The van der Waals surface area contributed by atoms with Crippen LogP contribution in [-0.2, 0) is 4.42 Å². The van der Waals surface area contributed by atoms with Crippen molar-refractivity contribution in [2.24, 2.45) is 0 Å². The highest BCUT2D eigenvalue weighted by Crippen LogP contribution is 2.02. The van der Waals surface area contributed by atoms with Gasteiger partial charge >= 0.3 is 6.29 Å². The molecule has 8 heavy (non-hydrogen) atoms. The molecule has 3 heteroatoms. The van der Waals surface area contributed by atoms with Gasteiger partial charge in [0.15, 0.2) is 5.76 Å². The number of aliphatic hydroxyl groups excluding tert-OH is 2. The first-order valence-corrected chi connectivity index (χ1v) is 2.36. The Kier molecular flexibility index (Phi) is 1.20. The fourth-order valence-electron chi connectivity index (χ4n) is 0.490. The van der Waals surface area contributed by atoms with E-state index in [-0.39, 0.29) is 11.5 Å². The number of hydrogen-bond donors (Lipinski definition) is 2. The molecule has 0 amide bonds. The minimum absolute atomic E-state index is 0.0104. The van der Waals surface area contributed by atoms with Crippen molar-refractivity contribution in [3.05, 3.63) is 11.5 Å². The summed E-state index contributed by atoms with van der Waals surface area (Å²) in [5.74, 6) is -0.146. The molecule has 1 rings (SSSR count). The third-order valence-corrected chi connectivity index (χ3v) is 0.947. The SMILES string of the molecule is OC1=C(O)CC[O+]=C1. The summed E-state index contributed by atoms with van der Waals surface area (Å²) in [6.45, 7) is 0.454. The van der Waals surface area contributed by atoms with Crippen molar-refractivity contribution in [3.63, 3.8) is 0 Å². The van der Waals surface area contributed by atoms with Crippen LogP contribution in [0.3, 0.4) is 0 Å². The van der Waals surface area contributed by atoms with Gasteiger partial charge in [0.1, 0.15) is 0 Å². The summed E-state index contributed by atoms with van der Waals surface area (Å²) in [5, 5.41) is 17.3. The quantitative estimate of drug-likeness (QED) is 0.356. The van der Waals surface area contributed by atoms with Gasteiger partial charge in [-0.2, -0.15) is 0 Å². The molecule has 3 nitrogen and oxygen atoms in total. The van der Waals surface area contributed by atoms with E-state index >= 15 is 0 Å². The molecule has 0 fully saturated rings. The molecule has 44 valence electrons. The Hall–Kier alpha value is -0.990. The van der Waals surface area contributed by atoms with Crippen LogP contribution >= 0.6 is 0 Å². The highest BCUT2D eigenvalue weighted by atomic mass is 16.4. The summed E-state index contributed by atoms with van der Waals surface area (Å²) in [4.78, 5) is 0. The molecule has 2 N–H and O–H groups in total. The van der Waals surface area contributed by atoms with E-state index < -0.39 is 0 Å². The van der Waals surface area contributed by atoms with Crippen molar-refractivity contribution >= 4 is 6.29 Å². The van der Waals surface area contributed by atoms with Crippen LogP contribution in [-0.4, -0.2) is 23.1 Å². The second-order valence-electron chi connectivity index (χ2n) is 1.57. The first-order valence-electron chi connectivity index (χ1n) is 2.36. The van der Waals surface area contributed by atoms with Crippen LogP contribution in [0.1, 0.15) is 6.42 Å². The van der Waals surface area contributed by atoms with Gasteiger partial charge in [0, 0.05) is 0 Å². The highest BCUT2D eigenvalue weighted by molar-refractivity contribution is 5.71. The molecule has 0 aromatic rings. The third kappa shape index (κ3) is 0.804. The first-order chi connectivity index (χ1) is 3.80. The average molecular weight is 115 g/mol. The molecule has 0 spiro atoms. The standard InChI is InChI=1S/C5H6O3/c6-4-1-2-8-3-5(4)7/h3H,1-2H2,(H-,6,7)/p+1. The van der Waals surface area contributed by atoms with Crippen molar-refractivity contribution in [2.75, 3.05) is 6.61 Å². The number of aliphatic hydroxyl groups is 2. The minimum atomic E-state index is -0.156. The molecule has 0 aromatic heterocycles. The Bertz CT molecular complexity index is 146. The van der Waals surface area contributed by atoms with Gasteiger partial charge in [0.2, 0.25) is 0 Å². The molecule has 0 bridgehead atoms. The topological polar surface area (TPSA) is 51.8 Å². The second-order valence-corrected chi connectivity index (χ2v) is 1.57. The average Bonchev–Trinajstić information content (AvgIpc) is 1.77. The molecule has 0 aromatic carbocycles. The molecular formula is C5H7O3+. The number of hydrogen-bond acceptors (Lipinski definition) is 2. The summed E-state index contributed by atoms with van der Waals surface area (Å²) in [5.41, 5.74) is 0. The van der Waals surface area contributed by atoms with Crippen molar-refractivity contribution in [1.29, 1.82) is 0 Å². The van der Waals surface area contributed by atoms with Gasteiger partial charge in [-0.05, 0) is 0 Å². The maximum absolute atomic E-state index is 8.70. The lowest BCUT2D eigenvalue weighted by molar-refractivity contribution is -0.454. The van der Waals surface area contributed by atoms with Crippen LogP contribution in [0.15, 0.2) is 11.5 Å². The zero-order valence-electron chi connectivity index (χ0n) is 4.29. The Morgan fingerprint density at radius 2 is 2.25 bits per heavy atom. The fourth-order valence-corrected chi connectivity index (χ4v) is 0.490. The van der Waals surface area contributed by atoms with E-state index in [2.05, 4.69) is 4.42 Å². The van der Waals surface area contributed by atoms with Gasteiger partial charge in [0.05, 0.1) is 6.42 Å². The van der Waals surface area contributed by atoms with Gasteiger partial charge in [0.25, 0.3) is 12.4 Å². The van der Waals surface area contributed by atoms with Crippen LogP contribution in [0.4, 0.5) is 0 Å². The Labute approximate surface area is 46.6 Å². The summed E-state index contributed by atoms with van der Waals surface area (Å²) in [7, 11) is 0. The van der Waals surface area contributed by atoms with E-state index in [4.69, 9.17) is 10.2 Å². The van der Waals surface area contributed by atoms with Crippen molar-refractivity contribution in [1.82, 2.24) is 0 Å².